The lowest BCUT2D eigenvalue weighted by atomic mass is 9.93. The van der Waals surface area contributed by atoms with E-state index in [1.54, 1.807) is 6.33 Å². The van der Waals surface area contributed by atoms with Gasteiger partial charge in [-0.05, 0) is 26.2 Å². The minimum absolute atomic E-state index is 0.619. The summed E-state index contributed by atoms with van der Waals surface area (Å²) in [7, 11) is 1.88. The molecule has 0 bridgehead atoms. The van der Waals surface area contributed by atoms with Crippen molar-refractivity contribution in [2.45, 2.75) is 32.2 Å². The van der Waals surface area contributed by atoms with Gasteiger partial charge in [0.25, 0.3) is 0 Å². The average Bonchev–Trinajstić information content (AvgIpc) is 2.13. The highest BCUT2D eigenvalue weighted by molar-refractivity contribution is 5.56. The van der Waals surface area contributed by atoms with E-state index in [-0.39, 0.29) is 0 Å². The summed E-state index contributed by atoms with van der Waals surface area (Å²) in [6.07, 6.45) is 5.46. The smallest absolute Gasteiger partial charge is 0.134 e. The zero-order valence-corrected chi connectivity index (χ0v) is 8.67. The van der Waals surface area contributed by atoms with Gasteiger partial charge < -0.3 is 10.6 Å². The van der Waals surface area contributed by atoms with E-state index < -0.39 is 0 Å². The van der Waals surface area contributed by atoms with Crippen molar-refractivity contribution in [1.82, 2.24) is 9.97 Å². The van der Waals surface area contributed by atoms with Crippen molar-refractivity contribution in [3.63, 3.8) is 0 Å². The van der Waals surface area contributed by atoms with Crippen LogP contribution in [0.1, 0.15) is 24.8 Å². The van der Waals surface area contributed by atoms with Crippen LogP contribution in [0.25, 0.3) is 0 Å². The third-order valence-corrected chi connectivity index (χ3v) is 2.77. The van der Waals surface area contributed by atoms with E-state index in [4.69, 9.17) is 0 Å². The molecule has 0 amide bonds. The fourth-order valence-electron chi connectivity index (χ4n) is 1.59. The molecule has 76 valence electrons. The van der Waals surface area contributed by atoms with Crippen LogP contribution in [0.5, 0.6) is 0 Å². The van der Waals surface area contributed by atoms with Crippen LogP contribution in [0.4, 0.5) is 11.6 Å². The number of hydrogen-bond acceptors (Lipinski definition) is 4. The van der Waals surface area contributed by atoms with E-state index in [0.29, 0.717) is 6.04 Å². The van der Waals surface area contributed by atoms with Gasteiger partial charge in [0.1, 0.15) is 18.0 Å². The van der Waals surface area contributed by atoms with Crippen LogP contribution in [-0.4, -0.2) is 23.1 Å². The molecule has 1 fully saturated rings. The number of nitrogens with zero attached hydrogens (tertiary/aromatic N) is 2. The lowest BCUT2D eigenvalue weighted by Crippen LogP contribution is -2.28. The van der Waals surface area contributed by atoms with Crippen molar-refractivity contribution < 1.29 is 0 Å². The molecule has 0 aliphatic heterocycles. The quantitative estimate of drug-likeness (QED) is 0.766. The van der Waals surface area contributed by atoms with E-state index in [0.717, 1.165) is 17.2 Å². The third kappa shape index (κ3) is 1.64. The predicted octanol–water partition coefficient (Wildman–Crippen LogP) is 1.79. The summed E-state index contributed by atoms with van der Waals surface area (Å²) in [6, 6.07) is 0.619. The third-order valence-electron chi connectivity index (χ3n) is 2.77. The molecule has 1 aliphatic carbocycles. The van der Waals surface area contributed by atoms with E-state index in [9.17, 15) is 0 Å². The van der Waals surface area contributed by atoms with Gasteiger partial charge in [-0.25, -0.2) is 9.97 Å². The fourth-order valence-corrected chi connectivity index (χ4v) is 1.59. The maximum Gasteiger partial charge on any atom is 0.134 e. The van der Waals surface area contributed by atoms with E-state index in [2.05, 4.69) is 20.6 Å². The highest BCUT2D eigenvalue weighted by atomic mass is 15.1. The molecular formula is C10H16N4. The summed E-state index contributed by atoms with van der Waals surface area (Å²) in [5.74, 6) is 1.87. The van der Waals surface area contributed by atoms with Gasteiger partial charge in [0.15, 0.2) is 0 Å². The van der Waals surface area contributed by atoms with E-state index in [1.165, 1.54) is 19.3 Å². The second-order valence-corrected chi connectivity index (χ2v) is 3.72. The molecule has 2 rings (SSSR count). The van der Waals surface area contributed by atoms with Crippen LogP contribution in [0.2, 0.25) is 0 Å². The Bertz CT molecular complexity index is 320. The van der Waals surface area contributed by atoms with Gasteiger partial charge in [0.05, 0.1) is 0 Å². The molecule has 0 radical (unpaired) electrons. The molecule has 1 aromatic rings. The first-order chi connectivity index (χ1) is 6.81. The van der Waals surface area contributed by atoms with Gasteiger partial charge in [0.2, 0.25) is 0 Å². The highest BCUT2D eigenvalue weighted by Crippen LogP contribution is 2.25. The SMILES string of the molecule is CNc1ncnc(NC2CCC2)c1C. The molecule has 0 atom stereocenters. The maximum absolute atomic E-state index is 4.25. The van der Waals surface area contributed by atoms with Gasteiger partial charge in [0, 0.05) is 18.7 Å². The molecule has 2 N–H and O–H groups in total. The minimum atomic E-state index is 0.619. The number of rotatable bonds is 3. The number of anilines is 2. The summed E-state index contributed by atoms with van der Waals surface area (Å²) >= 11 is 0. The first-order valence-electron chi connectivity index (χ1n) is 5.07. The van der Waals surface area contributed by atoms with Crippen molar-refractivity contribution in [2.75, 3.05) is 17.7 Å². The van der Waals surface area contributed by atoms with Crippen molar-refractivity contribution in [2.24, 2.45) is 0 Å². The first-order valence-corrected chi connectivity index (χ1v) is 5.07. The average molecular weight is 192 g/mol. The monoisotopic (exact) mass is 192 g/mol. The Labute approximate surface area is 84.2 Å². The molecule has 1 aromatic heterocycles. The predicted molar refractivity (Wildman–Crippen MR) is 57.6 cm³/mol. The molecule has 0 aromatic carbocycles. The summed E-state index contributed by atoms with van der Waals surface area (Å²) in [5.41, 5.74) is 1.10. The Kier molecular flexibility index (Phi) is 2.52. The molecule has 1 saturated carbocycles. The van der Waals surface area contributed by atoms with Crippen LogP contribution in [0.3, 0.4) is 0 Å². The van der Waals surface area contributed by atoms with E-state index in [1.807, 2.05) is 14.0 Å². The molecular weight excluding hydrogens is 176 g/mol. The van der Waals surface area contributed by atoms with Crippen LogP contribution >= 0.6 is 0 Å². The normalized spacial score (nSPS) is 16.1. The standard InChI is InChI=1S/C10H16N4/c1-7-9(11-2)12-6-13-10(7)14-8-4-3-5-8/h6,8H,3-5H2,1-2H3,(H2,11,12,13,14). The van der Waals surface area contributed by atoms with Crippen LogP contribution in [0.15, 0.2) is 6.33 Å². The number of aromatic nitrogens is 2. The molecule has 0 spiro atoms. The Hall–Kier alpha value is -1.32. The van der Waals surface area contributed by atoms with Crippen molar-refractivity contribution in [3.8, 4) is 0 Å². The summed E-state index contributed by atoms with van der Waals surface area (Å²) in [6.45, 7) is 2.03. The second-order valence-electron chi connectivity index (χ2n) is 3.72. The Balaban J connectivity index is 2.15. The first kappa shape index (κ1) is 9.24. The minimum Gasteiger partial charge on any atom is -0.373 e. The van der Waals surface area contributed by atoms with Crippen molar-refractivity contribution >= 4 is 11.6 Å². The number of nitrogens with one attached hydrogen (secondary N) is 2. The molecule has 0 unspecified atom stereocenters. The lowest BCUT2D eigenvalue weighted by molar-refractivity contribution is 0.444. The molecule has 14 heavy (non-hydrogen) atoms. The zero-order valence-electron chi connectivity index (χ0n) is 8.67. The van der Waals surface area contributed by atoms with Crippen molar-refractivity contribution in [3.05, 3.63) is 11.9 Å². The van der Waals surface area contributed by atoms with Gasteiger partial charge in [-0.1, -0.05) is 0 Å². The van der Waals surface area contributed by atoms with Crippen LogP contribution < -0.4 is 10.6 Å². The fraction of sp³-hybridized carbons (Fsp3) is 0.600. The highest BCUT2D eigenvalue weighted by Gasteiger charge is 2.18. The summed E-state index contributed by atoms with van der Waals surface area (Å²) < 4.78 is 0. The maximum atomic E-state index is 4.25. The summed E-state index contributed by atoms with van der Waals surface area (Å²) in [5, 5.41) is 6.48. The Morgan fingerprint density at radius 3 is 2.57 bits per heavy atom. The Morgan fingerprint density at radius 1 is 1.29 bits per heavy atom. The zero-order chi connectivity index (χ0) is 9.97. The number of hydrogen-bond donors (Lipinski definition) is 2. The molecule has 4 nitrogen and oxygen atoms in total. The van der Waals surface area contributed by atoms with Crippen molar-refractivity contribution in [1.29, 1.82) is 0 Å². The van der Waals surface area contributed by atoms with E-state index >= 15 is 0 Å². The largest absolute Gasteiger partial charge is 0.373 e. The van der Waals surface area contributed by atoms with Gasteiger partial charge >= 0.3 is 0 Å². The second kappa shape index (κ2) is 3.82. The lowest BCUT2D eigenvalue weighted by Gasteiger charge is -2.27. The molecule has 1 aliphatic rings. The van der Waals surface area contributed by atoms with Crippen LogP contribution in [0, 0.1) is 6.92 Å². The topological polar surface area (TPSA) is 49.8 Å². The Morgan fingerprint density at radius 2 is 2.00 bits per heavy atom. The van der Waals surface area contributed by atoms with Gasteiger partial charge in [-0.2, -0.15) is 0 Å². The van der Waals surface area contributed by atoms with Gasteiger partial charge in [-0.15, -0.1) is 0 Å². The molecule has 1 heterocycles. The molecule has 0 saturated heterocycles. The summed E-state index contributed by atoms with van der Waals surface area (Å²) in [4.78, 5) is 8.39. The molecule has 4 heteroatoms. The van der Waals surface area contributed by atoms with Gasteiger partial charge in [-0.3, -0.25) is 0 Å². The van der Waals surface area contributed by atoms with Crippen LogP contribution in [-0.2, 0) is 0 Å².